The number of hydrogen-bond donors (Lipinski definition) is 0. The van der Waals surface area contributed by atoms with E-state index >= 15 is 0 Å². The molecule has 13 aromatic carbocycles. The average Bonchev–Trinajstić information content (AvgIpc) is 3.81. The van der Waals surface area contributed by atoms with Crippen LogP contribution in [0, 0.1) is 0 Å². The van der Waals surface area contributed by atoms with Gasteiger partial charge in [0.05, 0.1) is 16.7 Å². The minimum absolute atomic E-state index is 1.09. The van der Waals surface area contributed by atoms with Gasteiger partial charge in [0.25, 0.3) is 0 Å². The molecule has 0 radical (unpaired) electrons. The molecule has 2 nitrogen and oxygen atoms in total. The van der Waals surface area contributed by atoms with Crippen LogP contribution in [0.5, 0.6) is 0 Å². The molecule has 0 fully saturated rings. The summed E-state index contributed by atoms with van der Waals surface area (Å²) in [5.74, 6) is 0. The zero-order valence-electron chi connectivity index (χ0n) is 39.5. The fourth-order valence-electron chi connectivity index (χ4n) is 11.5. The van der Waals surface area contributed by atoms with E-state index < -0.39 is 0 Å². The SMILES string of the molecule is c1ccc(-c2c(-c3ccccc3)c3cc(-c4ccc(N(c5ccc(-c6cccc7c6c6ccccc6n7-c6ccccc6)cc5)c5cc6ccccc6c6ccccc56)cc4)ccc3c3ccccc23)cc1. The van der Waals surface area contributed by atoms with Crippen LogP contribution in [0.2, 0.25) is 0 Å². The maximum atomic E-state index is 2.44. The van der Waals surface area contributed by atoms with E-state index in [1.807, 2.05) is 0 Å². The van der Waals surface area contributed by atoms with Crippen molar-refractivity contribution in [2.45, 2.75) is 0 Å². The third-order valence-electron chi connectivity index (χ3n) is 14.7. The predicted molar refractivity (Wildman–Crippen MR) is 307 cm³/mol. The number of nitrogens with zero attached hydrogens (tertiary/aromatic N) is 2. The van der Waals surface area contributed by atoms with E-state index in [4.69, 9.17) is 0 Å². The second-order valence-corrected chi connectivity index (χ2v) is 18.8. The van der Waals surface area contributed by atoms with Crippen LogP contribution in [0.4, 0.5) is 17.1 Å². The molecule has 0 saturated carbocycles. The van der Waals surface area contributed by atoms with Gasteiger partial charge in [0.2, 0.25) is 0 Å². The molecule has 336 valence electrons. The van der Waals surface area contributed by atoms with Crippen LogP contribution in [-0.2, 0) is 0 Å². The highest BCUT2D eigenvalue weighted by atomic mass is 15.1. The lowest BCUT2D eigenvalue weighted by molar-refractivity contribution is 1.18. The van der Waals surface area contributed by atoms with Gasteiger partial charge in [-0.25, -0.2) is 0 Å². The summed E-state index contributed by atoms with van der Waals surface area (Å²) in [4.78, 5) is 2.44. The van der Waals surface area contributed by atoms with Crippen molar-refractivity contribution in [1.82, 2.24) is 4.57 Å². The largest absolute Gasteiger partial charge is 0.310 e. The van der Waals surface area contributed by atoms with E-state index in [9.17, 15) is 0 Å². The molecule has 14 aromatic rings. The molecule has 14 rings (SSSR count). The number of aromatic nitrogens is 1. The summed E-state index contributed by atoms with van der Waals surface area (Å²) in [6.45, 7) is 0. The smallest absolute Gasteiger partial charge is 0.0547 e. The highest BCUT2D eigenvalue weighted by Crippen LogP contribution is 2.47. The monoisotopic (exact) mass is 914 g/mol. The van der Waals surface area contributed by atoms with Crippen molar-refractivity contribution in [3.05, 3.63) is 279 Å². The van der Waals surface area contributed by atoms with Gasteiger partial charge in [0.15, 0.2) is 0 Å². The molecule has 0 saturated heterocycles. The van der Waals surface area contributed by atoms with Gasteiger partial charge in [0.1, 0.15) is 0 Å². The Morgan fingerprint density at radius 2 is 0.750 bits per heavy atom. The fourth-order valence-corrected chi connectivity index (χ4v) is 11.5. The molecular weight excluding hydrogens is 869 g/mol. The summed E-state index contributed by atoms with van der Waals surface area (Å²) in [7, 11) is 0. The van der Waals surface area contributed by atoms with E-state index in [0.29, 0.717) is 0 Å². The van der Waals surface area contributed by atoms with E-state index in [2.05, 4.69) is 289 Å². The number of para-hydroxylation sites is 2. The van der Waals surface area contributed by atoms with Crippen LogP contribution in [-0.4, -0.2) is 4.57 Å². The third-order valence-corrected chi connectivity index (χ3v) is 14.7. The number of benzene rings is 13. The number of anilines is 3. The van der Waals surface area contributed by atoms with Crippen LogP contribution in [0.25, 0.3) is 115 Å². The summed E-state index contributed by atoms with van der Waals surface area (Å²) in [5, 5.41) is 12.4. The van der Waals surface area contributed by atoms with Crippen LogP contribution < -0.4 is 4.90 Å². The molecule has 0 aliphatic rings. The molecule has 0 aliphatic heterocycles. The first-order chi connectivity index (χ1) is 35.7. The summed E-state index contributed by atoms with van der Waals surface area (Å²) in [6.07, 6.45) is 0. The van der Waals surface area contributed by atoms with Gasteiger partial charge < -0.3 is 9.47 Å². The number of hydrogen-bond acceptors (Lipinski definition) is 1. The van der Waals surface area contributed by atoms with Gasteiger partial charge in [-0.05, 0) is 143 Å². The van der Waals surface area contributed by atoms with Crippen molar-refractivity contribution in [1.29, 1.82) is 0 Å². The van der Waals surface area contributed by atoms with E-state index in [-0.39, 0.29) is 0 Å². The Labute approximate surface area is 418 Å². The molecule has 0 bridgehead atoms. The van der Waals surface area contributed by atoms with Crippen molar-refractivity contribution in [3.63, 3.8) is 0 Å². The highest BCUT2D eigenvalue weighted by molar-refractivity contribution is 6.22. The van der Waals surface area contributed by atoms with Crippen molar-refractivity contribution in [2.75, 3.05) is 4.90 Å². The first-order valence-corrected chi connectivity index (χ1v) is 24.8. The Bertz CT molecular complexity index is 4340. The van der Waals surface area contributed by atoms with Gasteiger partial charge >= 0.3 is 0 Å². The number of fused-ring (bicyclic) bond motifs is 9. The quantitative estimate of drug-likeness (QED) is 0.138. The first-order valence-electron chi connectivity index (χ1n) is 24.8. The molecule has 0 N–H and O–H groups in total. The Morgan fingerprint density at radius 3 is 1.43 bits per heavy atom. The summed E-state index contributed by atoms with van der Waals surface area (Å²) < 4.78 is 2.39. The molecular formula is C70H46N2. The topological polar surface area (TPSA) is 8.17 Å². The summed E-state index contributed by atoms with van der Waals surface area (Å²) in [5.41, 5.74) is 16.5. The second kappa shape index (κ2) is 17.2. The van der Waals surface area contributed by atoms with E-state index in [1.54, 1.807) is 0 Å². The standard InChI is InChI=1S/C70H46N2/c1-4-19-49(20-5-1)68-62-30-15-13-28-59(62)60-44-39-51(45-64(60)69(68)50-21-6-2-7-22-50)47-35-40-54(41-36-47)71(67-46-52-23-10-11-26-56(52)58-27-12-14-29-61(58)67)55-42-37-48(38-43-55)57-32-18-34-66-70(57)63-31-16-17-33-65(63)72(66)53-24-8-3-9-25-53/h1-46H. The third kappa shape index (κ3) is 6.80. The van der Waals surface area contributed by atoms with Gasteiger partial charge in [-0.15, -0.1) is 0 Å². The van der Waals surface area contributed by atoms with Crippen molar-refractivity contribution < 1.29 is 0 Å². The van der Waals surface area contributed by atoms with Crippen LogP contribution >= 0.6 is 0 Å². The van der Waals surface area contributed by atoms with Gasteiger partial charge in [-0.1, -0.05) is 218 Å². The van der Waals surface area contributed by atoms with Crippen molar-refractivity contribution in [2.24, 2.45) is 0 Å². The molecule has 1 heterocycles. The Balaban J connectivity index is 0.927. The predicted octanol–water partition coefficient (Wildman–Crippen LogP) is 19.5. The highest BCUT2D eigenvalue weighted by Gasteiger charge is 2.22. The maximum absolute atomic E-state index is 2.44. The van der Waals surface area contributed by atoms with E-state index in [1.165, 1.54) is 104 Å². The van der Waals surface area contributed by atoms with Crippen LogP contribution in [0.15, 0.2) is 279 Å². The molecule has 2 heteroatoms. The van der Waals surface area contributed by atoms with Crippen LogP contribution in [0.3, 0.4) is 0 Å². The van der Waals surface area contributed by atoms with Gasteiger partial charge in [-0.2, -0.15) is 0 Å². The molecule has 0 amide bonds. The lowest BCUT2D eigenvalue weighted by Gasteiger charge is -2.28. The zero-order valence-corrected chi connectivity index (χ0v) is 39.5. The minimum atomic E-state index is 1.09. The average molecular weight is 915 g/mol. The molecule has 0 aliphatic carbocycles. The van der Waals surface area contributed by atoms with Crippen LogP contribution in [0.1, 0.15) is 0 Å². The Kier molecular flexibility index (Phi) is 9.89. The number of rotatable bonds is 8. The summed E-state index contributed by atoms with van der Waals surface area (Å²) >= 11 is 0. The molecule has 1 aromatic heterocycles. The lowest BCUT2D eigenvalue weighted by atomic mass is 9.84. The maximum Gasteiger partial charge on any atom is 0.0547 e. The minimum Gasteiger partial charge on any atom is -0.310 e. The molecule has 0 atom stereocenters. The van der Waals surface area contributed by atoms with E-state index in [0.717, 1.165) is 28.3 Å². The summed E-state index contributed by atoms with van der Waals surface area (Å²) in [6, 6.07) is 102. The second-order valence-electron chi connectivity index (χ2n) is 18.8. The van der Waals surface area contributed by atoms with Crippen molar-refractivity contribution >= 4 is 82.0 Å². The fraction of sp³-hybridized carbons (Fsp3) is 0. The Morgan fingerprint density at radius 1 is 0.264 bits per heavy atom. The van der Waals surface area contributed by atoms with Gasteiger partial charge in [-0.3, -0.25) is 0 Å². The Hall–Kier alpha value is -9.50. The normalized spacial score (nSPS) is 11.6. The molecule has 0 spiro atoms. The lowest BCUT2D eigenvalue weighted by Crippen LogP contribution is -2.10. The van der Waals surface area contributed by atoms with Gasteiger partial charge in [0, 0.05) is 33.2 Å². The van der Waals surface area contributed by atoms with Crippen molar-refractivity contribution in [3.8, 4) is 50.2 Å². The molecule has 72 heavy (non-hydrogen) atoms. The zero-order chi connectivity index (χ0) is 47.5. The first kappa shape index (κ1) is 41.5. The molecule has 0 unspecified atom stereocenters.